The van der Waals surface area contributed by atoms with Crippen molar-refractivity contribution in [3.63, 3.8) is 0 Å². The molecule has 0 aliphatic carbocycles. The minimum absolute atomic E-state index is 0.0856. The van der Waals surface area contributed by atoms with Gasteiger partial charge in [0.25, 0.3) is 11.8 Å². The predicted octanol–water partition coefficient (Wildman–Crippen LogP) is 7.64. The van der Waals surface area contributed by atoms with Crippen LogP contribution in [0.15, 0.2) is 108 Å². The third-order valence-corrected chi connectivity index (χ3v) is 8.15. The maximum Gasteiger partial charge on any atom is 0.418 e. The number of hydrogen-bond donors (Lipinski definition) is 3. The van der Waals surface area contributed by atoms with Crippen molar-refractivity contribution in [2.75, 3.05) is 24.9 Å². The number of benzene rings is 4. The summed E-state index contributed by atoms with van der Waals surface area (Å²) in [6, 6.07) is 24.8. The van der Waals surface area contributed by atoms with Crippen LogP contribution in [0.5, 0.6) is 11.5 Å². The Morgan fingerprint density at radius 3 is 2.26 bits per heavy atom. The van der Waals surface area contributed by atoms with Crippen molar-refractivity contribution in [2.45, 2.75) is 29.7 Å². The molecule has 3 amide bonds. The summed E-state index contributed by atoms with van der Waals surface area (Å²) in [6.07, 6.45) is -2.84. The highest BCUT2D eigenvalue weighted by atomic mass is 32.2. The molecular formula is C35H32F3N3O5S. The van der Waals surface area contributed by atoms with E-state index in [4.69, 9.17) is 9.47 Å². The van der Waals surface area contributed by atoms with Crippen molar-refractivity contribution in [3.05, 3.63) is 119 Å². The van der Waals surface area contributed by atoms with E-state index in [1.54, 1.807) is 79.7 Å². The maximum atomic E-state index is 13.6. The van der Waals surface area contributed by atoms with E-state index in [1.165, 1.54) is 38.5 Å². The zero-order valence-corrected chi connectivity index (χ0v) is 26.5. The molecule has 0 heterocycles. The van der Waals surface area contributed by atoms with Crippen molar-refractivity contribution in [1.29, 1.82) is 0 Å². The fourth-order valence-electron chi connectivity index (χ4n) is 4.43. The van der Waals surface area contributed by atoms with Crippen molar-refractivity contribution < 1.29 is 37.0 Å². The average Bonchev–Trinajstić information content (AvgIpc) is 3.07. The van der Waals surface area contributed by atoms with Gasteiger partial charge in [-0.15, -0.1) is 11.8 Å². The van der Waals surface area contributed by atoms with Crippen LogP contribution in [0.2, 0.25) is 0 Å². The number of nitrogens with one attached hydrogen (secondary N) is 3. The Labute approximate surface area is 274 Å². The summed E-state index contributed by atoms with van der Waals surface area (Å²) >= 11 is 1.14. The number of methoxy groups -OCH3 is 2. The lowest BCUT2D eigenvalue weighted by atomic mass is 10.1. The van der Waals surface area contributed by atoms with E-state index >= 15 is 0 Å². The number of hydrogen-bond acceptors (Lipinski definition) is 6. The molecule has 0 aliphatic rings. The highest BCUT2D eigenvalue weighted by Crippen LogP contribution is 2.36. The summed E-state index contributed by atoms with van der Waals surface area (Å²) in [4.78, 5) is 40.3. The fraction of sp³-hybridized carbons (Fsp3) is 0.171. The number of amides is 3. The first-order chi connectivity index (χ1) is 22.5. The minimum atomic E-state index is -4.63. The van der Waals surface area contributed by atoms with Crippen LogP contribution in [0.1, 0.15) is 34.8 Å². The molecule has 0 fully saturated rings. The lowest BCUT2D eigenvalue weighted by Crippen LogP contribution is -2.30. The zero-order chi connectivity index (χ0) is 34.0. The summed E-state index contributed by atoms with van der Waals surface area (Å²) in [5, 5.41) is 7.13. The quantitative estimate of drug-likeness (QED) is 0.106. The van der Waals surface area contributed by atoms with Gasteiger partial charge in [-0.25, -0.2) is 0 Å². The van der Waals surface area contributed by atoms with Crippen molar-refractivity contribution in [1.82, 2.24) is 5.32 Å². The smallest absolute Gasteiger partial charge is 0.418 e. The SMILES string of the molecule is CCC(Sc1cccc(NC(=O)/C(=C\c2cc(OC)ccc2OC)NC(=O)c2ccccc2)c1)C(=O)Nc1ccccc1C(F)(F)F. The van der Waals surface area contributed by atoms with Gasteiger partial charge < -0.3 is 25.4 Å². The molecule has 0 saturated carbocycles. The Bertz CT molecular complexity index is 1760. The second kappa shape index (κ2) is 15.9. The lowest BCUT2D eigenvalue weighted by Gasteiger charge is -2.18. The minimum Gasteiger partial charge on any atom is -0.497 e. The van der Waals surface area contributed by atoms with Crippen LogP contribution in [0.3, 0.4) is 0 Å². The normalized spacial score (nSPS) is 12.1. The van der Waals surface area contributed by atoms with Crippen molar-refractivity contribution in [3.8, 4) is 11.5 Å². The van der Waals surface area contributed by atoms with E-state index in [9.17, 15) is 27.6 Å². The standard InChI is InChI=1S/C35H32F3N3O5S/c1-4-31(34(44)40-28-16-9-8-15-27(28)35(36,37)38)47-26-14-10-13-24(21-26)39-33(43)29(41-32(42)22-11-6-5-7-12-22)20-23-19-25(45-2)17-18-30(23)46-3/h5-21,31H,4H2,1-3H3,(H,39,43)(H,40,44)(H,41,42)/b29-20+. The second-order valence-electron chi connectivity index (χ2n) is 10.0. The highest BCUT2D eigenvalue weighted by molar-refractivity contribution is 8.00. The van der Waals surface area contributed by atoms with Crippen LogP contribution in [0.4, 0.5) is 24.5 Å². The topological polar surface area (TPSA) is 106 Å². The van der Waals surface area contributed by atoms with Crippen molar-refractivity contribution in [2.24, 2.45) is 0 Å². The number of rotatable bonds is 12. The number of halogens is 3. The number of para-hydroxylation sites is 1. The van der Waals surface area contributed by atoms with E-state index in [1.807, 2.05) is 0 Å². The van der Waals surface area contributed by atoms with Gasteiger partial charge in [-0.1, -0.05) is 43.3 Å². The molecule has 0 bridgehead atoms. The molecule has 0 aliphatic heterocycles. The molecule has 47 heavy (non-hydrogen) atoms. The van der Waals surface area contributed by atoms with Crippen LogP contribution in [-0.4, -0.2) is 37.2 Å². The van der Waals surface area contributed by atoms with Crippen LogP contribution >= 0.6 is 11.8 Å². The predicted molar refractivity (Wildman–Crippen MR) is 177 cm³/mol. The van der Waals surface area contributed by atoms with Crippen LogP contribution in [0, 0.1) is 0 Å². The summed E-state index contributed by atoms with van der Waals surface area (Å²) in [6.45, 7) is 1.75. The third-order valence-electron chi connectivity index (χ3n) is 6.79. The van der Waals surface area contributed by atoms with Crippen LogP contribution in [-0.2, 0) is 15.8 Å². The van der Waals surface area contributed by atoms with E-state index < -0.39 is 34.7 Å². The maximum absolute atomic E-state index is 13.6. The molecule has 12 heteroatoms. The van der Waals surface area contributed by atoms with Gasteiger partial charge >= 0.3 is 6.18 Å². The Morgan fingerprint density at radius 1 is 0.851 bits per heavy atom. The first-order valence-corrected chi connectivity index (χ1v) is 15.3. The van der Waals surface area contributed by atoms with Crippen LogP contribution in [0.25, 0.3) is 6.08 Å². The second-order valence-corrected chi connectivity index (χ2v) is 11.3. The molecule has 0 aromatic heterocycles. The van der Waals surface area contributed by atoms with Gasteiger partial charge in [0.2, 0.25) is 5.91 Å². The largest absolute Gasteiger partial charge is 0.497 e. The Kier molecular flexibility index (Phi) is 11.7. The van der Waals surface area contributed by atoms with Crippen molar-refractivity contribution >= 4 is 46.9 Å². The molecule has 0 radical (unpaired) electrons. The molecule has 1 unspecified atom stereocenters. The highest BCUT2D eigenvalue weighted by Gasteiger charge is 2.34. The molecule has 3 N–H and O–H groups in total. The molecule has 1 atom stereocenters. The number of anilines is 2. The third kappa shape index (κ3) is 9.39. The number of thioether (sulfide) groups is 1. The number of alkyl halides is 3. The molecule has 8 nitrogen and oxygen atoms in total. The average molecular weight is 664 g/mol. The Balaban J connectivity index is 1.56. The molecular weight excluding hydrogens is 631 g/mol. The number of carbonyl (C=O) groups is 3. The van der Waals surface area contributed by atoms with Gasteiger partial charge in [0.05, 0.1) is 30.7 Å². The molecule has 4 aromatic rings. The van der Waals surface area contributed by atoms with Gasteiger partial charge in [-0.2, -0.15) is 13.2 Å². The molecule has 0 saturated heterocycles. The van der Waals surface area contributed by atoms with Gasteiger partial charge in [0.1, 0.15) is 17.2 Å². The van der Waals surface area contributed by atoms with Gasteiger partial charge in [0, 0.05) is 21.7 Å². The fourth-order valence-corrected chi connectivity index (χ4v) is 5.45. The summed E-state index contributed by atoms with van der Waals surface area (Å²) in [5.41, 5.74) is -0.183. The molecule has 244 valence electrons. The first kappa shape index (κ1) is 34.6. The lowest BCUT2D eigenvalue weighted by molar-refractivity contribution is -0.137. The van der Waals surface area contributed by atoms with E-state index in [2.05, 4.69) is 16.0 Å². The number of ether oxygens (including phenoxy) is 2. The van der Waals surface area contributed by atoms with Crippen LogP contribution < -0.4 is 25.4 Å². The Hall–Kier alpha value is -5.23. The monoisotopic (exact) mass is 663 g/mol. The van der Waals surface area contributed by atoms with Gasteiger partial charge in [0.15, 0.2) is 0 Å². The number of carbonyl (C=O) groups excluding carboxylic acids is 3. The molecule has 4 aromatic carbocycles. The summed E-state index contributed by atoms with van der Waals surface area (Å²) in [5.74, 6) is -0.806. The summed E-state index contributed by atoms with van der Waals surface area (Å²) in [7, 11) is 2.97. The first-order valence-electron chi connectivity index (χ1n) is 14.4. The van der Waals surface area contributed by atoms with Gasteiger partial charge in [-0.3, -0.25) is 14.4 Å². The molecule has 4 rings (SSSR count). The summed E-state index contributed by atoms with van der Waals surface area (Å²) < 4.78 is 51.1. The zero-order valence-electron chi connectivity index (χ0n) is 25.7. The van der Waals surface area contributed by atoms with Gasteiger partial charge in [-0.05, 0) is 73.2 Å². The van der Waals surface area contributed by atoms with E-state index in [-0.39, 0.29) is 11.4 Å². The van der Waals surface area contributed by atoms with E-state index in [0.29, 0.717) is 39.6 Å². The molecule has 0 spiro atoms. The Morgan fingerprint density at radius 2 is 1.57 bits per heavy atom. The van der Waals surface area contributed by atoms with E-state index in [0.717, 1.165) is 17.8 Å².